The van der Waals surface area contributed by atoms with E-state index >= 15 is 0 Å². The number of ether oxygens (including phenoxy) is 1. The largest absolute Gasteiger partial charge is 0.495 e. The van der Waals surface area contributed by atoms with Crippen LogP contribution >= 0.6 is 11.6 Å². The summed E-state index contributed by atoms with van der Waals surface area (Å²) in [6.45, 7) is 2.09. The number of hydrogen-bond acceptors (Lipinski definition) is 6. The molecule has 4 rings (SSSR count). The van der Waals surface area contributed by atoms with E-state index < -0.39 is 23.3 Å². The molecule has 37 heavy (non-hydrogen) atoms. The number of nitrogens with one attached hydrogen (secondary N) is 1. The van der Waals surface area contributed by atoms with Crippen LogP contribution in [0, 0.1) is 0 Å². The Kier molecular flexibility index (Phi) is 7.35. The van der Waals surface area contributed by atoms with Gasteiger partial charge in [-0.25, -0.2) is 4.98 Å². The Bertz CT molecular complexity index is 1380. The van der Waals surface area contributed by atoms with Gasteiger partial charge < -0.3 is 19.8 Å². The maximum Gasteiger partial charge on any atom is 0.416 e. The predicted molar refractivity (Wildman–Crippen MR) is 131 cm³/mol. The van der Waals surface area contributed by atoms with Crippen molar-refractivity contribution in [2.24, 2.45) is 0 Å². The molecule has 1 atom stereocenters. The van der Waals surface area contributed by atoms with Gasteiger partial charge in [0.15, 0.2) is 0 Å². The van der Waals surface area contributed by atoms with Gasteiger partial charge in [-0.3, -0.25) is 9.59 Å². The van der Waals surface area contributed by atoms with E-state index in [1.54, 1.807) is 25.1 Å². The average molecular weight is 537 g/mol. The van der Waals surface area contributed by atoms with Crippen LogP contribution < -0.4 is 20.5 Å². The Morgan fingerprint density at radius 1 is 1.16 bits per heavy atom. The summed E-state index contributed by atoms with van der Waals surface area (Å²) in [6.07, 6.45) is -4.10. The highest BCUT2D eigenvalue weighted by Gasteiger charge is 2.31. The number of alkyl halides is 3. The third kappa shape index (κ3) is 5.36. The molecule has 1 aliphatic heterocycles. The summed E-state index contributed by atoms with van der Waals surface area (Å²) in [7, 11) is 2.75. The minimum absolute atomic E-state index is 0.0308. The number of carbonyl (C=O) groups is 1. The van der Waals surface area contributed by atoms with Crippen LogP contribution in [0.2, 0.25) is 5.02 Å². The predicted octanol–water partition coefficient (Wildman–Crippen LogP) is 4.35. The van der Waals surface area contributed by atoms with Crippen LogP contribution in [0.1, 0.15) is 45.7 Å². The van der Waals surface area contributed by atoms with E-state index in [1.165, 1.54) is 31.3 Å². The first-order chi connectivity index (χ1) is 17.5. The van der Waals surface area contributed by atoms with Gasteiger partial charge in [-0.1, -0.05) is 23.7 Å². The molecule has 12 heteroatoms. The number of halogens is 4. The third-order valence-corrected chi connectivity index (χ3v) is 6.46. The number of anilines is 1. The maximum atomic E-state index is 13.2. The molecule has 0 spiro atoms. The summed E-state index contributed by atoms with van der Waals surface area (Å²) in [5.74, 6) is 0.189. The Labute approximate surface area is 215 Å². The summed E-state index contributed by atoms with van der Waals surface area (Å²) in [4.78, 5) is 37.7. The van der Waals surface area contributed by atoms with Crippen molar-refractivity contribution in [2.75, 3.05) is 26.1 Å². The molecule has 2 heterocycles. The zero-order chi connectivity index (χ0) is 26.9. The zero-order valence-electron chi connectivity index (χ0n) is 20.2. The summed E-state index contributed by atoms with van der Waals surface area (Å²) in [5.41, 5.74) is 0.528. The highest BCUT2D eigenvalue weighted by Crippen LogP contribution is 2.31. The first kappa shape index (κ1) is 26.3. The lowest BCUT2D eigenvalue weighted by molar-refractivity contribution is -0.137. The molecule has 1 unspecified atom stereocenters. The minimum Gasteiger partial charge on any atom is -0.495 e. The number of rotatable bonds is 6. The third-order valence-electron chi connectivity index (χ3n) is 6.14. The summed E-state index contributed by atoms with van der Waals surface area (Å²) in [5, 5.41) is 3.42. The molecule has 196 valence electrons. The van der Waals surface area contributed by atoms with E-state index in [9.17, 15) is 22.8 Å². The Morgan fingerprint density at radius 2 is 1.86 bits per heavy atom. The quantitative estimate of drug-likeness (QED) is 0.504. The lowest BCUT2D eigenvalue weighted by Gasteiger charge is -2.29. The molecule has 8 nitrogen and oxygen atoms in total. The summed E-state index contributed by atoms with van der Waals surface area (Å²) in [6, 6.07) is 8.95. The second-order valence-electron chi connectivity index (χ2n) is 8.45. The van der Waals surface area contributed by atoms with Gasteiger partial charge in [0.05, 0.1) is 41.5 Å². The fourth-order valence-electron chi connectivity index (χ4n) is 4.11. The van der Waals surface area contributed by atoms with Crippen LogP contribution in [-0.2, 0) is 19.1 Å². The molecule has 2 aromatic carbocycles. The van der Waals surface area contributed by atoms with Gasteiger partial charge in [0.1, 0.15) is 12.9 Å². The smallest absolute Gasteiger partial charge is 0.416 e. The Balaban J connectivity index is 1.57. The second kappa shape index (κ2) is 10.3. The maximum absolute atomic E-state index is 13.2. The van der Waals surface area contributed by atoms with Gasteiger partial charge in [-0.05, 0) is 42.8 Å². The molecule has 1 amide bonds. The van der Waals surface area contributed by atoms with Crippen LogP contribution in [-0.4, -0.2) is 41.3 Å². The van der Waals surface area contributed by atoms with Gasteiger partial charge in [0.25, 0.3) is 11.5 Å². The minimum atomic E-state index is -4.43. The molecule has 0 aliphatic carbocycles. The van der Waals surface area contributed by atoms with Crippen LogP contribution in [0.15, 0.2) is 47.3 Å². The van der Waals surface area contributed by atoms with E-state index in [0.717, 1.165) is 16.9 Å². The lowest BCUT2D eigenvalue weighted by Crippen LogP contribution is -2.42. The molecular formula is C25H24ClF3N4O4. The number of carbonyl (C=O) groups excluding carboxylic acids is 1. The number of nitrogens with zero attached hydrogens (tertiary/aromatic N) is 3. The van der Waals surface area contributed by atoms with Gasteiger partial charge in [-0.2, -0.15) is 13.2 Å². The zero-order valence-corrected chi connectivity index (χ0v) is 21.0. The van der Waals surface area contributed by atoms with E-state index in [2.05, 4.69) is 10.3 Å². The van der Waals surface area contributed by atoms with Crippen molar-refractivity contribution >= 4 is 23.5 Å². The van der Waals surface area contributed by atoms with Crippen LogP contribution in [0.3, 0.4) is 0 Å². The first-order valence-corrected chi connectivity index (χ1v) is 11.7. The van der Waals surface area contributed by atoms with Crippen molar-refractivity contribution in [3.05, 3.63) is 85.8 Å². The monoisotopic (exact) mass is 536 g/mol. The van der Waals surface area contributed by atoms with Crippen LogP contribution in [0.5, 0.6) is 5.75 Å². The number of benzene rings is 2. The standard InChI is InChI=1S/C25H24ClF3N4O4/c1-14(15-4-7-17(8-5-15)25(27,28)29)30-24-31-20-10-11-32(13-18(20)23(35)33(24)37-3)22(34)16-6-9-19(26)21(12-16)36-2/h4-9,12,14H,10-11,13H2,1-3H3,(H,30,31). The van der Waals surface area contributed by atoms with E-state index in [1.807, 2.05) is 0 Å². The molecule has 0 fully saturated rings. The normalized spacial score (nSPS) is 14.1. The van der Waals surface area contributed by atoms with Gasteiger partial charge in [-0.15, -0.1) is 4.73 Å². The average Bonchev–Trinajstić information content (AvgIpc) is 2.88. The highest BCUT2D eigenvalue weighted by molar-refractivity contribution is 6.32. The van der Waals surface area contributed by atoms with Crippen molar-refractivity contribution in [1.29, 1.82) is 0 Å². The molecule has 0 saturated heterocycles. The van der Waals surface area contributed by atoms with Gasteiger partial charge in [0, 0.05) is 18.5 Å². The summed E-state index contributed by atoms with van der Waals surface area (Å²) < 4.78 is 44.8. The lowest BCUT2D eigenvalue weighted by atomic mass is 10.0. The van der Waals surface area contributed by atoms with Gasteiger partial charge in [0.2, 0.25) is 5.95 Å². The molecule has 0 bridgehead atoms. The molecule has 1 N–H and O–H groups in total. The highest BCUT2D eigenvalue weighted by atomic mass is 35.5. The molecule has 0 radical (unpaired) electrons. The number of methoxy groups -OCH3 is 1. The Hall–Kier alpha value is -3.73. The van der Waals surface area contributed by atoms with E-state index in [0.29, 0.717) is 46.1 Å². The van der Waals surface area contributed by atoms with E-state index in [4.69, 9.17) is 21.2 Å². The SMILES string of the molecule is COc1cc(C(=O)N2CCc3nc(NC(C)c4ccc(C(F)(F)F)cc4)n(OC)c(=O)c3C2)ccc1Cl. The molecule has 1 aliphatic rings. The molecule has 0 saturated carbocycles. The fraction of sp³-hybridized carbons (Fsp3) is 0.320. The van der Waals surface area contributed by atoms with Crippen molar-refractivity contribution in [1.82, 2.24) is 14.6 Å². The summed E-state index contributed by atoms with van der Waals surface area (Å²) >= 11 is 6.06. The Morgan fingerprint density at radius 3 is 2.49 bits per heavy atom. The van der Waals surface area contributed by atoms with Gasteiger partial charge >= 0.3 is 6.18 Å². The molecular weight excluding hydrogens is 513 g/mol. The van der Waals surface area contributed by atoms with Crippen molar-refractivity contribution in [2.45, 2.75) is 32.1 Å². The van der Waals surface area contributed by atoms with Crippen molar-refractivity contribution < 1.29 is 27.5 Å². The number of aromatic nitrogens is 2. The number of hydrogen-bond donors (Lipinski definition) is 1. The second-order valence-corrected chi connectivity index (χ2v) is 8.86. The van der Waals surface area contributed by atoms with Crippen LogP contribution in [0.4, 0.5) is 19.1 Å². The fourth-order valence-corrected chi connectivity index (χ4v) is 4.30. The molecule has 3 aromatic rings. The van der Waals surface area contributed by atoms with Crippen LogP contribution in [0.25, 0.3) is 0 Å². The number of fused-ring (bicyclic) bond motifs is 1. The molecule has 1 aromatic heterocycles. The van der Waals surface area contributed by atoms with Crippen molar-refractivity contribution in [3.63, 3.8) is 0 Å². The number of amides is 1. The van der Waals surface area contributed by atoms with E-state index in [-0.39, 0.29) is 18.4 Å². The first-order valence-electron chi connectivity index (χ1n) is 11.3. The van der Waals surface area contributed by atoms with Crippen molar-refractivity contribution in [3.8, 4) is 5.75 Å². The topological polar surface area (TPSA) is 85.7 Å².